The fraction of sp³-hybridized carbons (Fsp3) is 0.923. The average molecular weight is 240 g/mol. The summed E-state index contributed by atoms with van der Waals surface area (Å²) >= 11 is 0. The molecule has 17 heavy (non-hydrogen) atoms. The third-order valence-corrected chi connectivity index (χ3v) is 3.50. The summed E-state index contributed by atoms with van der Waals surface area (Å²) in [6.45, 7) is 5.86. The smallest absolute Gasteiger partial charge is 0.223 e. The lowest BCUT2D eigenvalue weighted by Gasteiger charge is -2.32. The molecule has 2 rings (SSSR count). The molecule has 2 unspecified atom stereocenters. The van der Waals surface area contributed by atoms with Crippen LogP contribution >= 0.6 is 0 Å². The zero-order valence-corrected chi connectivity index (χ0v) is 10.9. The number of carbonyl (C=O) groups is 1. The Hall–Kier alpha value is -0.610. The molecule has 4 nitrogen and oxygen atoms in total. The van der Waals surface area contributed by atoms with E-state index in [0.717, 1.165) is 38.8 Å². The van der Waals surface area contributed by atoms with Gasteiger partial charge in [0.05, 0.1) is 12.2 Å². The number of amides is 1. The highest BCUT2D eigenvalue weighted by Gasteiger charge is 2.29. The van der Waals surface area contributed by atoms with Crippen LogP contribution in [0.3, 0.4) is 0 Å². The Morgan fingerprint density at radius 3 is 2.41 bits per heavy atom. The Balaban J connectivity index is 1.56. The van der Waals surface area contributed by atoms with Crippen molar-refractivity contribution in [2.75, 3.05) is 13.1 Å². The van der Waals surface area contributed by atoms with Gasteiger partial charge in [-0.1, -0.05) is 0 Å². The van der Waals surface area contributed by atoms with E-state index in [-0.39, 0.29) is 5.91 Å². The molecule has 2 atom stereocenters. The Bertz CT molecular complexity index is 256. The zero-order chi connectivity index (χ0) is 12.3. The molecule has 0 spiro atoms. The second kappa shape index (κ2) is 5.83. The maximum atomic E-state index is 11.4. The molecule has 1 saturated heterocycles. The number of ether oxygens (including phenoxy) is 1. The summed E-state index contributed by atoms with van der Waals surface area (Å²) in [6.07, 6.45) is 4.99. The Labute approximate surface area is 103 Å². The third kappa shape index (κ3) is 4.28. The summed E-state index contributed by atoms with van der Waals surface area (Å²) in [5.74, 6) is 0.554. The van der Waals surface area contributed by atoms with Gasteiger partial charge in [0.2, 0.25) is 5.91 Å². The fourth-order valence-corrected chi connectivity index (χ4v) is 2.52. The Morgan fingerprint density at radius 2 is 1.82 bits per heavy atom. The summed E-state index contributed by atoms with van der Waals surface area (Å²) in [7, 11) is 0. The molecular weight excluding hydrogens is 216 g/mol. The van der Waals surface area contributed by atoms with E-state index in [9.17, 15) is 4.79 Å². The van der Waals surface area contributed by atoms with Crippen LogP contribution in [0.4, 0.5) is 0 Å². The van der Waals surface area contributed by atoms with Crippen molar-refractivity contribution >= 4 is 5.91 Å². The van der Waals surface area contributed by atoms with Crippen LogP contribution in [0.1, 0.15) is 39.5 Å². The van der Waals surface area contributed by atoms with Crippen LogP contribution in [-0.4, -0.2) is 37.2 Å². The number of hydrogen-bond donors (Lipinski definition) is 2. The predicted octanol–water partition coefficient (Wildman–Crippen LogP) is 1.06. The van der Waals surface area contributed by atoms with E-state index in [4.69, 9.17) is 4.74 Å². The number of carbonyl (C=O) groups excluding carboxylic acids is 1. The molecule has 0 aromatic rings. The molecule has 4 heteroatoms. The third-order valence-electron chi connectivity index (χ3n) is 3.50. The van der Waals surface area contributed by atoms with Gasteiger partial charge in [-0.15, -0.1) is 0 Å². The largest absolute Gasteiger partial charge is 0.375 e. The van der Waals surface area contributed by atoms with Gasteiger partial charge in [0, 0.05) is 25.0 Å². The van der Waals surface area contributed by atoms with E-state index in [2.05, 4.69) is 24.5 Å². The van der Waals surface area contributed by atoms with Crippen LogP contribution in [-0.2, 0) is 9.53 Å². The highest BCUT2D eigenvalue weighted by atomic mass is 16.5. The first-order valence-corrected chi connectivity index (χ1v) is 6.81. The van der Waals surface area contributed by atoms with E-state index in [1.165, 1.54) is 0 Å². The lowest BCUT2D eigenvalue weighted by atomic mass is 10.00. The van der Waals surface area contributed by atoms with Gasteiger partial charge < -0.3 is 15.4 Å². The van der Waals surface area contributed by atoms with Gasteiger partial charge in [-0.3, -0.25) is 4.79 Å². The van der Waals surface area contributed by atoms with Gasteiger partial charge in [-0.2, -0.15) is 0 Å². The van der Waals surface area contributed by atoms with Gasteiger partial charge >= 0.3 is 0 Å². The number of rotatable bonds is 5. The first-order chi connectivity index (χ1) is 8.15. The molecule has 2 N–H and O–H groups in total. The summed E-state index contributed by atoms with van der Waals surface area (Å²) < 4.78 is 5.69. The number of nitrogens with one attached hydrogen (secondary N) is 2. The van der Waals surface area contributed by atoms with E-state index in [0.29, 0.717) is 24.2 Å². The molecule has 0 aromatic heterocycles. The highest BCUT2D eigenvalue weighted by molar-refractivity contribution is 5.80. The van der Waals surface area contributed by atoms with Crippen LogP contribution < -0.4 is 10.6 Å². The lowest BCUT2D eigenvalue weighted by Crippen LogP contribution is -2.44. The maximum Gasteiger partial charge on any atom is 0.223 e. The standard InChI is InChI=1S/C13H24N2O2/c1-9-7-12(8-10(2)17-9)14-5-6-15-13(16)11-3-4-11/h9-12,14H,3-8H2,1-2H3,(H,15,16). The molecule has 1 heterocycles. The van der Waals surface area contributed by atoms with Crippen molar-refractivity contribution in [2.24, 2.45) is 5.92 Å². The first-order valence-electron chi connectivity index (χ1n) is 6.81. The quantitative estimate of drug-likeness (QED) is 0.706. The second-order valence-electron chi connectivity index (χ2n) is 5.45. The monoisotopic (exact) mass is 240 g/mol. The molecular formula is C13H24N2O2. The zero-order valence-electron chi connectivity index (χ0n) is 10.9. The van der Waals surface area contributed by atoms with E-state index in [1.807, 2.05) is 0 Å². The van der Waals surface area contributed by atoms with Crippen LogP contribution in [0.5, 0.6) is 0 Å². The second-order valence-corrected chi connectivity index (χ2v) is 5.45. The van der Waals surface area contributed by atoms with Gasteiger partial charge in [0.15, 0.2) is 0 Å². The Morgan fingerprint density at radius 1 is 1.18 bits per heavy atom. The summed E-state index contributed by atoms with van der Waals surface area (Å²) in [5, 5.41) is 6.48. The van der Waals surface area contributed by atoms with Crippen LogP contribution in [0, 0.1) is 5.92 Å². The van der Waals surface area contributed by atoms with Crippen molar-refractivity contribution in [2.45, 2.75) is 57.8 Å². The molecule has 1 saturated carbocycles. The van der Waals surface area contributed by atoms with Gasteiger partial charge in [0.1, 0.15) is 0 Å². The van der Waals surface area contributed by atoms with Crippen molar-refractivity contribution in [3.05, 3.63) is 0 Å². The summed E-state index contributed by atoms with van der Waals surface area (Å²) in [4.78, 5) is 11.4. The minimum Gasteiger partial charge on any atom is -0.375 e. The summed E-state index contributed by atoms with van der Waals surface area (Å²) in [5.41, 5.74) is 0. The van der Waals surface area contributed by atoms with Crippen molar-refractivity contribution in [1.82, 2.24) is 10.6 Å². The van der Waals surface area contributed by atoms with E-state index < -0.39 is 0 Å². The normalized spacial score (nSPS) is 33.4. The van der Waals surface area contributed by atoms with Crippen LogP contribution in [0.25, 0.3) is 0 Å². The first kappa shape index (κ1) is 12.8. The van der Waals surface area contributed by atoms with Crippen molar-refractivity contribution in [1.29, 1.82) is 0 Å². The molecule has 0 radical (unpaired) electrons. The van der Waals surface area contributed by atoms with E-state index >= 15 is 0 Å². The minimum absolute atomic E-state index is 0.237. The number of hydrogen-bond acceptors (Lipinski definition) is 3. The topological polar surface area (TPSA) is 50.4 Å². The van der Waals surface area contributed by atoms with Crippen molar-refractivity contribution in [3.63, 3.8) is 0 Å². The predicted molar refractivity (Wildman–Crippen MR) is 66.8 cm³/mol. The molecule has 1 aliphatic carbocycles. The molecule has 0 aromatic carbocycles. The molecule has 2 aliphatic rings. The average Bonchev–Trinajstić information content (AvgIpc) is 3.06. The molecule has 0 bridgehead atoms. The van der Waals surface area contributed by atoms with Crippen LogP contribution in [0.15, 0.2) is 0 Å². The van der Waals surface area contributed by atoms with Crippen molar-refractivity contribution < 1.29 is 9.53 Å². The summed E-state index contributed by atoms with van der Waals surface area (Å²) in [6, 6.07) is 0.534. The van der Waals surface area contributed by atoms with Gasteiger partial charge in [0.25, 0.3) is 0 Å². The van der Waals surface area contributed by atoms with Crippen LogP contribution in [0.2, 0.25) is 0 Å². The van der Waals surface area contributed by atoms with Gasteiger partial charge in [-0.05, 0) is 39.5 Å². The molecule has 1 amide bonds. The Kier molecular flexibility index (Phi) is 4.40. The molecule has 1 aliphatic heterocycles. The minimum atomic E-state index is 0.237. The van der Waals surface area contributed by atoms with Crippen molar-refractivity contribution in [3.8, 4) is 0 Å². The van der Waals surface area contributed by atoms with Gasteiger partial charge in [-0.25, -0.2) is 0 Å². The maximum absolute atomic E-state index is 11.4. The van der Waals surface area contributed by atoms with E-state index in [1.54, 1.807) is 0 Å². The molecule has 98 valence electrons. The lowest BCUT2D eigenvalue weighted by molar-refractivity contribution is -0.122. The fourth-order valence-electron chi connectivity index (χ4n) is 2.52. The highest BCUT2D eigenvalue weighted by Crippen LogP contribution is 2.28. The molecule has 2 fully saturated rings. The SMILES string of the molecule is CC1CC(NCCNC(=O)C2CC2)CC(C)O1.